The van der Waals surface area contributed by atoms with Gasteiger partial charge in [0.2, 0.25) is 0 Å². The summed E-state index contributed by atoms with van der Waals surface area (Å²) in [6, 6.07) is 0. The van der Waals surface area contributed by atoms with E-state index in [9.17, 15) is 29.1 Å². The Morgan fingerprint density at radius 1 is 0.842 bits per heavy atom. The predicted octanol–water partition coefficient (Wildman–Crippen LogP) is 2.29. The highest BCUT2D eigenvalue weighted by Gasteiger charge is 2.80. The number of Topliss-reactive ketones (excluding diaryl/α,β-unsaturated/α-hetero) is 1. The highest BCUT2D eigenvalue weighted by molar-refractivity contribution is 6.04. The van der Waals surface area contributed by atoms with Gasteiger partial charge >= 0.3 is 23.9 Å². The highest BCUT2D eigenvalue weighted by atomic mass is 16.6. The quantitative estimate of drug-likeness (QED) is 0.324. The van der Waals surface area contributed by atoms with Crippen molar-refractivity contribution in [2.75, 3.05) is 0 Å². The number of carbonyl (C=O) groups is 5. The van der Waals surface area contributed by atoms with E-state index in [1.165, 1.54) is 27.7 Å². The van der Waals surface area contributed by atoms with Crippen molar-refractivity contribution in [2.45, 2.75) is 98.2 Å². The third-order valence-electron chi connectivity index (χ3n) is 9.72. The number of ether oxygens (including phenoxy) is 4. The Bertz CT molecular complexity index is 1090. The number of aliphatic hydroxyl groups excluding tert-OH is 1. The van der Waals surface area contributed by atoms with Crippen LogP contribution in [0.1, 0.15) is 67.7 Å². The zero-order valence-electron chi connectivity index (χ0n) is 23.1. The average molecular weight is 535 g/mol. The number of ketones is 1. The lowest BCUT2D eigenvalue weighted by atomic mass is 9.37. The van der Waals surface area contributed by atoms with Crippen LogP contribution >= 0.6 is 0 Å². The van der Waals surface area contributed by atoms with Crippen molar-refractivity contribution < 1.29 is 48.0 Å². The molecule has 0 radical (unpaired) electrons. The van der Waals surface area contributed by atoms with E-state index in [1.807, 2.05) is 20.8 Å². The van der Waals surface area contributed by atoms with Crippen molar-refractivity contribution >= 4 is 29.7 Å². The van der Waals surface area contributed by atoms with Crippen LogP contribution in [0.2, 0.25) is 0 Å². The van der Waals surface area contributed by atoms with Gasteiger partial charge in [-0.05, 0) is 29.7 Å². The molecule has 38 heavy (non-hydrogen) atoms. The maximum Gasteiger partial charge on any atom is 0.303 e. The van der Waals surface area contributed by atoms with E-state index in [0.29, 0.717) is 12.0 Å². The summed E-state index contributed by atoms with van der Waals surface area (Å²) in [4.78, 5) is 63.9. The van der Waals surface area contributed by atoms with E-state index in [1.54, 1.807) is 0 Å². The summed E-state index contributed by atoms with van der Waals surface area (Å²) in [5, 5.41) is 11.3. The van der Waals surface area contributed by atoms with Crippen LogP contribution in [0.25, 0.3) is 0 Å². The summed E-state index contributed by atoms with van der Waals surface area (Å²) in [5.41, 5.74) is -3.21. The summed E-state index contributed by atoms with van der Waals surface area (Å²) in [5.74, 6) is -4.69. The fourth-order valence-electron chi connectivity index (χ4n) is 8.71. The summed E-state index contributed by atoms with van der Waals surface area (Å²) >= 11 is 0. The van der Waals surface area contributed by atoms with Crippen LogP contribution < -0.4 is 0 Å². The number of aliphatic hydroxyl groups is 1. The van der Waals surface area contributed by atoms with Crippen molar-refractivity contribution in [3.05, 3.63) is 12.2 Å². The van der Waals surface area contributed by atoms with Gasteiger partial charge in [-0.3, -0.25) is 24.0 Å². The Labute approximate surface area is 222 Å². The molecule has 4 rings (SSSR count). The van der Waals surface area contributed by atoms with Crippen LogP contribution in [0.15, 0.2) is 12.2 Å². The van der Waals surface area contributed by atoms with Crippen molar-refractivity contribution in [1.29, 1.82) is 0 Å². The fraction of sp³-hybridized carbons (Fsp3) is 0.750. The molecule has 2 bridgehead atoms. The molecule has 1 spiro atoms. The molecule has 10 atom stereocenters. The minimum Gasteiger partial charge on any atom is -0.462 e. The number of esters is 4. The molecule has 0 saturated heterocycles. The van der Waals surface area contributed by atoms with Gasteiger partial charge in [0.25, 0.3) is 0 Å². The first-order valence-electron chi connectivity index (χ1n) is 13.1. The largest absolute Gasteiger partial charge is 0.462 e. The zero-order valence-corrected chi connectivity index (χ0v) is 23.1. The Morgan fingerprint density at radius 2 is 1.39 bits per heavy atom. The summed E-state index contributed by atoms with van der Waals surface area (Å²) < 4.78 is 23.5. The first kappa shape index (κ1) is 28.3. The number of allylic oxidation sites excluding steroid dienone is 1. The summed E-state index contributed by atoms with van der Waals surface area (Å²) in [7, 11) is 0. The van der Waals surface area contributed by atoms with Gasteiger partial charge in [0.05, 0.1) is 11.5 Å². The molecule has 0 aromatic rings. The van der Waals surface area contributed by atoms with Gasteiger partial charge in [-0.25, -0.2) is 0 Å². The first-order chi connectivity index (χ1) is 17.5. The summed E-state index contributed by atoms with van der Waals surface area (Å²) in [6.07, 6.45) is -4.48. The standard InChI is InChI=1S/C28H38O10/c1-12-17-9-18(35-13(2)29)22-27(8)20(36-14(3)30)10-19(33)26(6,7)23(27)21(37-15(4)31)25(38-16(5)32)28(22,11-17)24(12)34/h17-23,25,33H,1,9-11H2,2-8H3/t17-,18-,19-,20-,21+,22-,23+,25-,27+,28-/m0/s1. The molecule has 4 aliphatic rings. The predicted molar refractivity (Wildman–Crippen MR) is 131 cm³/mol. The van der Waals surface area contributed by atoms with E-state index >= 15 is 0 Å². The molecule has 4 saturated carbocycles. The van der Waals surface area contributed by atoms with Crippen LogP contribution in [0.3, 0.4) is 0 Å². The maximum atomic E-state index is 14.2. The minimum absolute atomic E-state index is 0.0581. The molecule has 0 heterocycles. The fourth-order valence-corrected chi connectivity index (χ4v) is 8.71. The molecule has 0 unspecified atom stereocenters. The lowest BCUT2D eigenvalue weighted by molar-refractivity contribution is -0.309. The zero-order chi connectivity index (χ0) is 28.5. The van der Waals surface area contributed by atoms with Crippen LogP contribution in [-0.2, 0) is 42.9 Å². The summed E-state index contributed by atoms with van der Waals surface area (Å²) in [6.45, 7) is 14.5. The lowest BCUT2D eigenvalue weighted by Crippen LogP contribution is -2.77. The van der Waals surface area contributed by atoms with Gasteiger partial charge in [0.1, 0.15) is 18.3 Å². The minimum atomic E-state index is -1.45. The molecule has 1 N–H and O–H groups in total. The van der Waals surface area contributed by atoms with Crippen LogP contribution in [0.4, 0.5) is 0 Å². The molecule has 10 heteroatoms. The number of carbonyl (C=O) groups excluding carboxylic acids is 5. The van der Waals surface area contributed by atoms with Gasteiger partial charge in [-0.15, -0.1) is 0 Å². The van der Waals surface area contributed by atoms with Crippen molar-refractivity contribution in [1.82, 2.24) is 0 Å². The monoisotopic (exact) mass is 534 g/mol. The van der Waals surface area contributed by atoms with E-state index in [4.69, 9.17) is 18.9 Å². The Morgan fingerprint density at radius 3 is 1.92 bits per heavy atom. The second-order valence-electron chi connectivity index (χ2n) is 12.3. The smallest absolute Gasteiger partial charge is 0.303 e. The van der Waals surface area contributed by atoms with Gasteiger partial charge in [0, 0.05) is 51.4 Å². The number of fused-ring (bicyclic) bond motifs is 3. The molecule has 0 aromatic carbocycles. The van der Waals surface area contributed by atoms with Crippen molar-refractivity contribution in [3.63, 3.8) is 0 Å². The molecule has 0 aromatic heterocycles. The second kappa shape index (κ2) is 9.17. The van der Waals surface area contributed by atoms with E-state index in [2.05, 4.69) is 6.58 Å². The van der Waals surface area contributed by atoms with Gasteiger partial charge in [-0.2, -0.15) is 0 Å². The Balaban J connectivity index is 2.09. The molecule has 10 nitrogen and oxygen atoms in total. The van der Waals surface area contributed by atoms with Gasteiger partial charge in [-0.1, -0.05) is 27.4 Å². The van der Waals surface area contributed by atoms with Crippen molar-refractivity contribution in [2.24, 2.45) is 34.0 Å². The molecule has 4 fully saturated rings. The average Bonchev–Trinajstić information content (AvgIpc) is 2.95. The van der Waals surface area contributed by atoms with E-state index in [-0.39, 0.29) is 24.5 Å². The third-order valence-corrected chi connectivity index (χ3v) is 9.72. The number of hydrogen-bond acceptors (Lipinski definition) is 10. The SMILES string of the molecule is C=C1C(=O)[C@]23C[C@@H]1C[C@H](OC(C)=O)[C@H]2[C@@]1(C)[C@@H](OC(C)=O)C[C@H](O)C(C)(C)[C@H]1[C@@H](OC(C)=O)[C@@H]3OC(C)=O. The molecule has 210 valence electrons. The van der Waals surface area contributed by atoms with E-state index < -0.39 is 82.5 Å². The Kier molecular flexibility index (Phi) is 6.82. The first-order valence-corrected chi connectivity index (χ1v) is 13.1. The molecule has 0 amide bonds. The molecular formula is C28H38O10. The normalized spacial score (nSPS) is 42.8. The van der Waals surface area contributed by atoms with Crippen molar-refractivity contribution in [3.8, 4) is 0 Å². The van der Waals surface area contributed by atoms with Crippen LogP contribution in [-0.4, -0.2) is 65.3 Å². The second-order valence-corrected chi connectivity index (χ2v) is 12.3. The lowest BCUT2D eigenvalue weighted by Gasteiger charge is -2.69. The van der Waals surface area contributed by atoms with E-state index in [0.717, 1.165) is 0 Å². The van der Waals surface area contributed by atoms with Gasteiger partial charge < -0.3 is 24.1 Å². The highest BCUT2D eigenvalue weighted by Crippen LogP contribution is 2.72. The van der Waals surface area contributed by atoms with Crippen LogP contribution in [0.5, 0.6) is 0 Å². The number of hydrogen-bond donors (Lipinski definition) is 1. The third kappa shape index (κ3) is 3.89. The number of rotatable bonds is 4. The maximum absolute atomic E-state index is 14.2. The molecular weight excluding hydrogens is 496 g/mol. The molecule has 4 aliphatic carbocycles. The topological polar surface area (TPSA) is 143 Å². The van der Waals surface area contributed by atoms with Crippen LogP contribution in [0, 0.1) is 34.0 Å². The Hall–Kier alpha value is -2.75. The molecule has 0 aliphatic heterocycles. The van der Waals surface area contributed by atoms with Gasteiger partial charge in [0.15, 0.2) is 11.9 Å².